The number of carbonyl (C=O) groups excluding carboxylic acids is 1. The van der Waals surface area contributed by atoms with Gasteiger partial charge in [-0.25, -0.2) is 4.68 Å². The van der Waals surface area contributed by atoms with E-state index in [1.54, 1.807) is 25.1 Å². The van der Waals surface area contributed by atoms with Gasteiger partial charge in [0.25, 0.3) is 5.56 Å². The molecule has 0 saturated carbocycles. The molecule has 2 rings (SSSR count). The summed E-state index contributed by atoms with van der Waals surface area (Å²) in [5.74, 6) is 0.311. The second-order valence-corrected chi connectivity index (χ2v) is 4.05. The molecule has 0 spiro atoms. The second kappa shape index (κ2) is 5.51. The third-order valence-electron chi connectivity index (χ3n) is 2.70. The molecule has 0 aliphatic carbocycles. The molecule has 19 heavy (non-hydrogen) atoms. The highest BCUT2D eigenvalue weighted by Crippen LogP contribution is 2.16. The number of hydrogen-bond donors (Lipinski definition) is 1. The summed E-state index contributed by atoms with van der Waals surface area (Å²) in [6.45, 7) is 3.96. The van der Waals surface area contributed by atoms with E-state index in [1.807, 2.05) is 6.92 Å². The monoisotopic (exact) mass is 261 g/mol. The van der Waals surface area contributed by atoms with Crippen LogP contribution < -0.4 is 10.9 Å². The zero-order valence-electron chi connectivity index (χ0n) is 10.8. The molecular weight excluding hydrogens is 246 g/mol. The van der Waals surface area contributed by atoms with Crippen molar-refractivity contribution in [1.82, 2.24) is 15.1 Å². The number of hydrogen-bond acceptors (Lipinski definition) is 4. The fraction of sp³-hybridized carbons (Fsp3) is 0.308. The van der Waals surface area contributed by atoms with Gasteiger partial charge in [-0.05, 0) is 32.0 Å². The maximum atomic E-state index is 11.8. The van der Waals surface area contributed by atoms with Crippen molar-refractivity contribution in [2.24, 2.45) is 0 Å². The van der Waals surface area contributed by atoms with Gasteiger partial charge < -0.3 is 9.73 Å². The van der Waals surface area contributed by atoms with Crippen LogP contribution in [0.25, 0.3) is 11.5 Å². The molecule has 0 radical (unpaired) electrons. The Kier molecular flexibility index (Phi) is 3.79. The van der Waals surface area contributed by atoms with E-state index in [-0.39, 0.29) is 11.5 Å². The molecule has 0 aliphatic heterocycles. The van der Waals surface area contributed by atoms with E-state index in [9.17, 15) is 9.59 Å². The number of rotatable bonds is 4. The summed E-state index contributed by atoms with van der Waals surface area (Å²) in [6.07, 6.45) is 1.53. The van der Waals surface area contributed by atoms with E-state index in [4.69, 9.17) is 4.42 Å². The molecule has 1 amide bonds. The lowest BCUT2D eigenvalue weighted by Crippen LogP contribution is -2.36. The van der Waals surface area contributed by atoms with Crippen LogP contribution in [0.3, 0.4) is 0 Å². The van der Waals surface area contributed by atoms with Gasteiger partial charge in [0, 0.05) is 12.6 Å². The SMILES string of the molecule is CCNC(=O)C(C)n1nc(-c2ccco2)ccc1=O. The van der Waals surface area contributed by atoms with Crippen LogP contribution in [0.15, 0.2) is 39.7 Å². The van der Waals surface area contributed by atoms with Crippen molar-refractivity contribution in [3.63, 3.8) is 0 Å². The number of nitrogens with one attached hydrogen (secondary N) is 1. The molecule has 1 atom stereocenters. The first-order chi connectivity index (χ1) is 9.13. The molecule has 100 valence electrons. The van der Waals surface area contributed by atoms with Crippen LogP contribution >= 0.6 is 0 Å². The van der Waals surface area contributed by atoms with Crippen LogP contribution in [-0.2, 0) is 4.79 Å². The maximum Gasteiger partial charge on any atom is 0.267 e. The summed E-state index contributed by atoms with van der Waals surface area (Å²) in [4.78, 5) is 23.5. The van der Waals surface area contributed by atoms with Gasteiger partial charge in [0.15, 0.2) is 5.76 Å². The van der Waals surface area contributed by atoms with Crippen molar-refractivity contribution in [2.75, 3.05) is 6.54 Å². The smallest absolute Gasteiger partial charge is 0.267 e. The van der Waals surface area contributed by atoms with Gasteiger partial charge >= 0.3 is 0 Å². The number of furan rings is 1. The van der Waals surface area contributed by atoms with Crippen LogP contribution in [0.2, 0.25) is 0 Å². The van der Waals surface area contributed by atoms with Gasteiger partial charge in [-0.2, -0.15) is 5.10 Å². The summed E-state index contributed by atoms with van der Waals surface area (Å²) in [5.41, 5.74) is 0.190. The molecule has 6 nitrogen and oxygen atoms in total. The Morgan fingerprint density at radius 3 is 2.89 bits per heavy atom. The Hall–Kier alpha value is -2.37. The first-order valence-electron chi connectivity index (χ1n) is 6.05. The van der Waals surface area contributed by atoms with Gasteiger partial charge in [0.1, 0.15) is 11.7 Å². The molecule has 0 fully saturated rings. The molecule has 6 heteroatoms. The molecule has 1 N–H and O–H groups in total. The van der Waals surface area contributed by atoms with Crippen LogP contribution in [0.5, 0.6) is 0 Å². The van der Waals surface area contributed by atoms with Crippen molar-refractivity contribution < 1.29 is 9.21 Å². The molecule has 2 heterocycles. The van der Waals surface area contributed by atoms with Crippen molar-refractivity contribution >= 4 is 5.91 Å². The van der Waals surface area contributed by atoms with Crippen molar-refractivity contribution in [3.05, 3.63) is 40.9 Å². The Balaban J connectivity index is 2.37. The summed E-state index contributed by atoms with van der Waals surface area (Å²) >= 11 is 0. The molecule has 0 bridgehead atoms. The van der Waals surface area contributed by atoms with E-state index < -0.39 is 6.04 Å². The first kappa shape index (κ1) is 13.1. The molecule has 2 aromatic heterocycles. The predicted molar refractivity (Wildman–Crippen MR) is 69.6 cm³/mol. The largest absolute Gasteiger partial charge is 0.463 e. The van der Waals surface area contributed by atoms with Gasteiger partial charge in [0.05, 0.1) is 6.26 Å². The quantitative estimate of drug-likeness (QED) is 0.897. The minimum absolute atomic E-state index is 0.242. The van der Waals surface area contributed by atoms with E-state index in [1.165, 1.54) is 12.3 Å². The van der Waals surface area contributed by atoms with Crippen molar-refractivity contribution in [2.45, 2.75) is 19.9 Å². The molecule has 0 aliphatic rings. The van der Waals surface area contributed by atoms with Gasteiger partial charge in [0.2, 0.25) is 5.91 Å². The highest BCUT2D eigenvalue weighted by molar-refractivity contribution is 5.79. The fourth-order valence-corrected chi connectivity index (χ4v) is 1.69. The topological polar surface area (TPSA) is 77.1 Å². The third-order valence-corrected chi connectivity index (χ3v) is 2.70. The summed E-state index contributed by atoms with van der Waals surface area (Å²) < 4.78 is 6.38. The maximum absolute atomic E-state index is 11.8. The number of carbonyl (C=O) groups is 1. The van der Waals surface area contributed by atoms with E-state index >= 15 is 0 Å². The Bertz CT molecular complexity index is 616. The van der Waals surface area contributed by atoms with Gasteiger partial charge in [-0.1, -0.05) is 0 Å². The van der Waals surface area contributed by atoms with Gasteiger partial charge in [-0.15, -0.1) is 0 Å². The predicted octanol–water partition coefficient (Wildman–Crippen LogP) is 1.20. The summed E-state index contributed by atoms with van der Waals surface area (Å²) in [6, 6.07) is 5.76. The van der Waals surface area contributed by atoms with Crippen LogP contribution in [-0.4, -0.2) is 22.2 Å². The lowest BCUT2D eigenvalue weighted by atomic mass is 10.3. The zero-order valence-corrected chi connectivity index (χ0v) is 10.8. The van der Waals surface area contributed by atoms with Crippen LogP contribution in [0.1, 0.15) is 19.9 Å². The molecule has 0 saturated heterocycles. The normalized spacial score (nSPS) is 12.1. The first-order valence-corrected chi connectivity index (χ1v) is 6.05. The third kappa shape index (κ3) is 2.73. The number of likely N-dealkylation sites (N-methyl/N-ethyl adjacent to an activating group) is 1. The summed E-state index contributed by atoms with van der Waals surface area (Å²) in [5, 5.41) is 6.83. The highest BCUT2D eigenvalue weighted by atomic mass is 16.3. The standard InChI is InChI=1S/C13H15N3O3/c1-3-14-13(18)9(2)16-12(17)7-6-10(15-16)11-5-4-8-19-11/h4-9H,3H2,1-2H3,(H,14,18). The Morgan fingerprint density at radius 2 is 2.26 bits per heavy atom. The molecule has 1 unspecified atom stereocenters. The van der Waals surface area contributed by atoms with Crippen molar-refractivity contribution in [1.29, 1.82) is 0 Å². The fourth-order valence-electron chi connectivity index (χ4n) is 1.69. The number of nitrogens with zero attached hydrogens (tertiary/aromatic N) is 2. The minimum atomic E-state index is -0.664. The van der Waals surface area contributed by atoms with Crippen LogP contribution in [0.4, 0.5) is 0 Å². The van der Waals surface area contributed by atoms with Gasteiger partial charge in [-0.3, -0.25) is 9.59 Å². The number of aromatic nitrogens is 2. The number of amides is 1. The van der Waals surface area contributed by atoms with Crippen molar-refractivity contribution in [3.8, 4) is 11.5 Å². The Morgan fingerprint density at radius 1 is 1.47 bits per heavy atom. The van der Waals surface area contributed by atoms with Crippen LogP contribution in [0, 0.1) is 0 Å². The lowest BCUT2D eigenvalue weighted by Gasteiger charge is -2.13. The lowest BCUT2D eigenvalue weighted by molar-refractivity contribution is -0.124. The summed E-state index contributed by atoms with van der Waals surface area (Å²) in [7, 11) is 0. The zero-order chi connectivity index (χ0) is 13.8. The van der Waals surface area contributed by atoms with E-state index in [0.717, 1.165) is 4.68 Å². The van der Waals surface area contributed by atoms with E-state index in [2.05, 4.69) is 10.4 Å². The minimum Gasteiger partial charge on any atom is -0.463 e. The molecule has 0 aromatic carbocycles. The second-order valence-electron chi connectivity index (χ2n) is 4.05. The molecule has 2 aromatic rings. The average Bonchev–Trinajstić information content (AvgIpc) is 2.93. The Labute approximate surface area is 110 Å². The average molecular weight is 261 g/mol. The molecular formula is C13H15N3O3. The highest BCUT2D eigenvalue weighted by Gasteiger charge is 2.17. The van der Waals surface area contributed by atoms with E-state index in [0.29, 0.717) is 18.0 Å².